The number of carbonyl (C=O) groups excluding carboxylic acids is 1. The topological polar surface area (TPSA) is 69.6 Å². The van der Waals surface area contributed by atoms with Crippen LogP contribution in [0.2, 0.25) is 0 Å². The third-order valence-corrected chi connectivity index (χ3v) is 4.59. The summed E-state index contributed by atoms with van der Waals surface area (Å²) in [5.74, 6) is -0.264. The van der Waals surface area contributed by atoms with Gasteiger partial charge in [0.15, 0.2) is 0 Å². The lowest BCUT2D eigenvalue weighted by Crippen LogP contribution is -2.54. The summed E-state index contributed by atoms with van der Waals surface area (Å²) in [6, 6.07) is 9.36. The van der Waals surface area contributed by atoms with Gasteiger partial charge < -0.3 is 15.5 Å². The fourth-order valence-corrected chi connectivity index (χ4v) is 3.54. The molecule has 19 heavy (non-hydrogen) atoms. The smallest absolute Gasteiger partial charge is 0.227 e. The SMILES string of the molecule is O=C(Nc1ccccc1)[C@H]1C[C@H]2CC[C@@H]1[C@H](O)[C@@H]2O. The summed E-state index contributed by atoms with van der Waals surface area (Å²) < 4.78 is 0. The van der Waals surface area contributed by atoms with E-state index in [0.717, 1.165) is 18.5 Å². The molecule has 3 N–H and O–H groups in total. The summed E-state index contributed by atoms with van der Waals surface area (Å²) in [5.41, 5.74) is 0.781. The van der Waals surface area contributed by atoms with Gasteiger partial charge in [-0.1, -0.05) is 18.2 Å². The van der Waals surface area contributed by atoms with Crippen molar-refractivity contribution in [2.75, 3.05) is 5.32 Å². The first-order valence-corrected chi connectivity index (χ1v) is 6.89. The molecule has 0 unspecified atom stereocenters. The molecule has 0 aliphatic heterocycles. The first-order chi connectivity index (χ1) is 9.16. The minimum Gasteiger partial charge on any atom is -0.390 e. The molecule has 2 bridgehead atoms. The second kappa shape index (κ2) is 4.94. The lowest BCUT2D eigenvalue weighted by Gasteiger charge is -2.47. The minimum absolute atomic E-state index is 0.0353. The van der Waals surface area contributed by atoms with E-state index in [0.29, 0.717) is 6.42 Å². The Kier molecular flexibility index (Phi) is 3.29. The van der Waals surface area contributed by atoms with Crippen molar-refractivity contribution in [3.8, 4) is 0 Å². The summed E-state index contributed by atoms with van der Waals surface area (Å²) in [5, 5.41) is 22.8. The standard InChI is InChI=1S/C15H19NO3/c17-13-9-6-7-11(14(13)18)12(8-9)15(19)16-10-4-2-1-3-5-10/h1-5,9,11-14,17-18H,6-8H2,(H,16,19)/t9-,11+,12+,13-,14+/m1/s1. The molecule has 1 aromatic carbocycles. The van der Waals surface area contributed by atoms with Gasteiger partial charge in [-0.05, 0) is 43.2 Å². The van der Waals surface area contributed by atoms with Gasteiger partial charge in [0.2, 0.25) is 5.91 Å². The average molecular weight is 261 g/mol. The molecule has 5 atom stereocenters. The van der Waals surface area contributed by atoms with Crippen LogP contribution in [-0.2, 0) is 4.79 Å². The molecule has 1 amide bonds. The van der Waals surface area contributed by atoms with Crippen molar-refractivity contribution in [3.05, 3.63) is 30.3 Å². The second-order valence-electron chi connectivity index (χ2n) is 5.68. The van der Waals surface area contributed by atoms with Crippen LogP contribution in [0.1, 0.15) is 19.3 Å². The van der Waals surface area contributed by atoms with E-state index in [4.69, 9.17) is 0 Å². The molecule has 3 aliphatic rings. The number of aliphatic hydroxyl groups excluding tert-OH is 2. The van der Waals surface area contributed by atoms with Crippen LogP contribution in [0.5, 0.6) is 0 Å². The average Bonchev–Trinajstić information content (AvgIpc) is 2.45. The Morgan fingerprint density at radius 1 is 1.11 bits per heavy atom. The number of anilines is 1. The fourth-order valence-electron chi connectivity index (χ4n) is 3.54. The Bertz CT molecular complexity index is 460. The van der Waals surface area contributed by atoms with Crippen LogP contribution in [0.15, 0.2) is 30.3 Å². The highest BCUT2D eigenvalue weighted by atomic mass is 16.3. The number of fused-ring (bicyclic) bond motifs is 3. The molecule has 1 aromatic rings. The molecule has 0 aromatic heterocycles. The molecule has 3 aliphatic carbocycles. The third-order valence-electron chi connectivity index (χ3n) is 4.59. The van der Waals surface area contributed by atoms with E-state index < -0.39 is 12.2 Å². The summed E-state index contributed by atoms with van der Waals surface area (Å²) in [6.07, 6.45) is 1.02. The van der Waals surface area contributed by atoms with Crippen molar-refractivity contribution in [2.45, 2.75) is 31.5 Å². The van der Waals surface area contributed by atoms with Gasteiger partial charge in [-0.2, -0.15) is 0 Å². The van der Waals surface area contributed by atoms with Gasteiger partial charge in [0.1, 0.15) is 0 Å². The molecular weight excluding hydrogens is 242 g/mol. The number of amides is 1. The van der Waals surface area contributed by atoms with Crippen LogP contribution in [-0.4, -0.2) is 28.3 Å². The van der Waals surface area contributed by atoms with Crippen LogP contribution in [0, 0.1) is 17.8 Å². The molecule has 102 valence electrons. The van der Waals surface area contributed by atoms with Gasteiger partial charge in [-0.3, -0.25) is 4.79 Å². The van der Waals surface area contributed by atoms with E-state index in [9.17, 15) is 15.0 Å². The number of hydrogen-bond acceptors (Lipinski definition) is 3. The number of rotatable bonds is 2. The molecule has 3 saturated carbocycles. The maximum absolute atomic E-state index is 12.3. The van der Waals surface area contributed by atoms with Crippen LogP contribution in [0.3, 0.4) is 0 Å². The fraction of sp³-hybridized carbons (Fsp3) is 0.533. The maximum atomic E-state index is 12.3. The second-order valence-corrected chi connectivity index (χ2v) is 5.68. The number of nitrogens with one attached hydrogen (secondary N) is 1. The first-order valence-electron chi connectivity index (χ1n) is 6.89. The normalized spacial score (nSPS) is 37.1. The van der Waals surface area contributed by atoms with Crippen molar-refractivity contribution in [1.82, 2.24) is 0 Å². The Hall–Kier alpha value is -1.39. The third kappa shape index (κ3) is 2.26. The van der Waals surface area contributed by atoms with Crippen molar-refractivity contribution < 1.29 is 15.0 Å². The van der Waals surface area contributed by atoms with Gasteiger partial charge in [-0.25, -0.2) is 0 Å². The molecule has 4 nitrogen and oxygen atoms in total. The van der Waals surface area contributed by atoms with Crippen molar-refractivity contribution >= 4 is 11.6 Å². The van der Waals surface area contributed by atoms with E-state index >= 15 is 0 Å². The summed E-state index contributed by atoms with van der Waals surface area (Å²) in [4.78, 5) is 12.3. The Labute approximate surface area is 112 Å². The quantitative estimate of drug-likeness (QED) is 0.753. The lowest BCUT2D eigenvalue weighted by molar-refractivity contribution is -0.150. The van der Waals surface area contributed by atoms with Gasteiger partial charge in [0.25, 0.3) is 0 Å². The van der Waals surface area contributed by atoms with Crippen LogP contribution < -0.4 is 5.32 Å². The predicted molar refractivity (Wildman–Crippen MR) is 71.4 cm³/mol. The van der Waals surface area contributed by atoms with E-state index in [-0.39, 0.29) is 23.7 Å². The van der Waals surface area contributed by atoms with E-state index in [1.54, 1.807) is 0 Å². The van der Waals surface area contributed by atoms with Crippen LogP contribution in [0.25, 0.3) is 0 Å². The highest BCUT2D eigenvalue weighted by Crippen LogP contribution is 2.45. The summed E-state index contributed by atoms with van der Waals surface area (Å²) in [6.45, 7) is 0. The monoisotopic (exact) mass is 261 g/mol. The Morgan fingerprint density at radius 3 is 2.53 bits per heavy atom. The number of para-hydroxylation sites is 1. The number of carbonyl (C=O) groups is 1. The Balaban J connectivity index is 1.71. The summed E-state index contributed by atoms with van der Waals surface area (Å²) >= 11 is 0. The molecule has 0 radical (unpaired) electrons. The number of benzene rings is 1. The van der Waals surface area contributed by atoms with Gasteiger partial charge in [-0.15, -0.1) is 0 Å². The van der Waals surface area contributed by atoms with Gasteiger partial charge in [0, 0.05) is 11.6 Å². The molecular formula is C15H19NO3. The maximum Gasteiger partial charge on any atom is 0.227 e. The highest BCUT2D eigenvalue weighted by Gasteiger charge is 2.49. The van der Waals surface area contributed by atoms with Gasteiger partial charge >= 0.3 is 0 Å². The van der Waals surface area contributed by atoms with E-state index in [1.165, 1.54) is 0 Å². The number of hydrogen-bond donors (Lipinski definition) is 3. The molecule has 4 heteroatoms. The zero-order chi connectivity index (χ0) is 13.4. The van der Waals surface area contributed by atoms with Gasteiger partial charge in [0.05, 0.1) is 12.2 Å². The molecule has 4 rings (SSSR count). The van der Waals surface area contributed by atoms with E-state index in [2.05, 4.69) is 5.32 Å². The van der Waals surface area contributed by atoms with Crippen LogP contribution in [0.4, 0.5) is 5.69 Å². The van der Waals surface area contributed by atoms with Crippen molar-refractivity contribution in [2.24, 2.45) is 17.8 Å². The van der Waals surface area contributed by atoms with E-state index in [1.807, 2.05) is 30.3 Å². The van der Waals surface area contributed by atoms with Crippen molar-refractivity contribution in [1.29, 1.82) is 0 Å². The molecule has 3 fully saturated rings. The lowest BCUT2D eigenvalue weighted by atomic mass is 9.61. The van der Waals surface area contributed by atoms with Crippen LogP contribution >= 0.6 is 0 Å². The highest BCUT2D eigenvalue weighted by molar-refractivity contribution is 5.92. The zero-order valence-electron chi connectivity index (χ0n) is 10.7. The Morgan fingerprint density at radius 2 is 1.84 bits per heavy atom. The predicted octanol–water partition coefficient (Wildman–Crippen LogP) is 1.39. The summed E-state index contributed by atoms with van der Waals surface area (Å²) in [7, 11) is 0. The number of aliphatic hydroxyl groups is 2. The molecule has 0 saturated heterocycles. The van der Waals surface area contributed by atoms with Crippen molar-refractivity contribution in [3.63, 3.8) is 0 Å². The minimum atomic E-state index is -0.751. The molecule has 0 spiro atoms. The molecule has 0 heterocycles. The first kappa shape index (κ1) is 12.6. The largest absolute Gasteiger partial charge is 0.390 e. The zero-order valence-corrected chi connectivity index (χ0v) is 10.7.